The summed E-state index contributed by atoms with van der Waals surface area (Å²) in [7, 11) is 0. The second kappa shape index (κ2) is 6.30. The molecule has 4 heteroatoms. The minimum atomic E-state index is 0.0619. The van der Waals surface area contributed by atoms with Gasteiger partial charge in [0.1, 0.15) is 5.78 Å². The van der Waals surface area contributed by atoms with Gasteiger partial charge < -0.3 is 4.90 Å². The number of ketones is 1. The fourth-order valence-electron chi connectivity index (χ4n) is 3.67. The molecule has 1 aromatic rings. The smallest absolute Gasteiger partial charge is 0.255 e. The Hall–Kier alpha value is -1.16. The molecule has 1 saturated carbocycles. The summed E-state index contributed by atoms with van der Waals surface area (Å²) in [6.45, 7) is 0.772. The Kier molecular flexibility index (Phi) is 4.43. The first-order valence-corrected chi connectivity index (χ1v) is 8.56. The minimum Gasteiger partial charge on any atom is -0.335 e. The monoisotopic (exact) mass is 349 g/mol. The number of benzene rings is 1. The number of hydrogen-bond donors (Lipinski definition) is 0. The molecule has 0 aromatic heterocycles. The summed E-state index contributed by atoms with van der Waals surface area (Å²) in [6, 6.07) is 7.65. The number of likely N-dealkylation sites (tertiary alicyclic amines) is 1. The second-order valence-corrected chi connectivity index (χ2v) is 6.86. The zero-order valence-electron chi connectivity index (χ0n) is 12.1. The summed E-state index contributed by atoms with van der Waals surface area (Å²) in [5, 5.41) is 0. The number of carbonyl (C=O) groups excluding carboxylic acids is 2. The van der Waals surface area contributed by atoms with Crippen LogP contribution in [0.4, 0.5) is 0 Å². The Morgan fingerprint density at radius 2 is 1.95 bits per heavy atom. The van der Waals surface area contributed by atoms with Crippen molar-refractivity contribution in [1.82, 2.24) is 4.90 Å². The average Bonchev–Trinajstić information content (AvgIpc) is 2.93. The van der Waals surface area contributed by atoms with Crippen molar-refractivity contribution in [3.05, 3.63) is 34.3 Å². The van der Waals surface area contributed by atoms with Gasteiger partial charge in [0.2, 0.25) is 0 Å². The lowest BCUT2D eigenvalue weighted by atomic mass is 9.88. The lowest BCUT2D eigenvalue weighted by Gasteiger charge is -2.39. The van der Waals surface area contributed by atoms with E-state index in [0.29, 0.717) is 17.8 Å². The Labute approximate surface area is 133 Å². The number of Topliss-reactive ketones (excluding diaryl/α,β-unsaturated/α-hetero) is 1. The van der Waals surface area contributed by atoms with Crippen molar-refractivity contribution in [2.45, 2.75) is 44.6 Å². The molecule has 2 unspecified atom stereocenters. The zero-order chi connectivity index (χ0) is 14.8. The topological polar surface area (TPSA) is 37.4 Å². The molecule has 3 nitrogen and oxygen atoms in total. The lowest BCUT2D eigenvalue weighted by molar-refractivity contribution is -0.122. The van der Waals surface area contributed by atoms with Crippen LogP contribution in [0.15, 0.2) is 28.7 Å². The number of amides is 1. The van der Waals surface area contributed by atoms with E-state index in [1.807, 2.05) is 29.2 Å². The summed E-state index contributed by atoms with van der Waals surface area (Å²) in [4.78, 5) is 26.9. The molecule has 112 valence electrons. The average molecular weight is 350 g/mol. The SMILES string of the molecule is O=C1CCCC1C1CCCCN1C(=O)c1ccccc1Br. The Balaban J connectivity index is 1.86. The van der Waals surface area contributed by atoms with Crippen LogP contribution in [0.5, 0.6) is 0 Å². The summed E-state index contributed by atoms with van der Waals surface area (Å²) in [5.41, 5.74) is 0.704. The van der Waals surface area contributed by atoms with Gasteiger partial charge in [-0.05, 0) is 60.2 Å². The van der Waals surface area contributed by atoms with E-state index < -0.39 is 0 Å². The first-order valence-electron chi connectivity index (χ1n) is 7.76. The summed E-state index contributed by atoms with van der Waals surface area (Å²) >= 11 is 3.46. The zero-order valence-corrected chi connectivity index (χ0v) is 13.6. The number of piperidine rings is 1. The fourth-order valence-corrected chi connectivity index (χ4v) is 4.12. The van der Waals surface area contributed by atoms with Crippen molar-refractivity contribution in [1.29, 1.82) is 0 Å². The lowest BCUT2D eigenvalue weighted by Crippen LogP contribution is -2.48. The van der Waals surface area contributed by atoms with E-state index in [1.165, 1.54) is 0 Å². The van der Waals surface area contributed by atoms with Gasteiger partial charge >= 0.3 is 0 Å². The van der Waals surface area contributed by atoms with Gasteiger partial charge in [-0.2, -0.15) is 0 Å². The summed E-state index contributed by atoms with van der Waals surface area (Å²) in [5.74, 6) is 0.482. The molecule has 1 aliphatic carbocycles. The number of carbonyl (C=O) groups is 2. The first-order chi connectivity index (χ1) is 10.2. The van der Waals surface area contributed by atoms with Crippen LogP contribution < -0.4 is 0 Å². The fraction of sp³-hybridized carbons (Fsp3) is 0.529. The van der Waals surface area contributed by atoms with Gasteiger partial charge in [0.25, 0.3) is 5.91 Å². The molecule has 3 rings (SSSR count). The molecular formula is C17H20BrNO2. The molecule has 0 bridgehead atoms. The molecule has 1 saturated heterocycles. The maximum absolute atomic E-state index is 12.9. The maximum Gasteiger partial charge on any atom is 0.255 e. The molecule has 2 aliphatic rings. The van der Waals surface area contributed by atoms with Gasteiger partial charge in [-0.15, -0.1) is 0 Å². The third kappa shape index (κ3) is 2.91. The quantitative estimate of drug-likeness (QED) is 0.813. The Bertz CT molecular complexity index is 557. The van der Waals surface area contributed by atoms with Crippen LogP contribution in [-0.4, -0.2) is 29.2 Å². The number of rotatable bonds is 2. The Morgan fingerprint density at radius 1 is 1.14 bits per heavy atom. The highest BCUT2D eigenvalue weighted by molar-refractivity contribution is 9.10. The number of nitrogens with zero attached hydrogens (tertiary/aromatic N) is 1. The van der Waals surface area contributed by atoms with E-state index in [-0.39, 0.29) is 17.9 Å². The van der Waals surface area contributed by atoms with Crippen LogP contribution in [0.3, 0.4) is 0 Å². The largest absolute Gasteiger partial charge is 0.335 e. The van der Waals surface area contributed by atoms with Crippen LogP contribution >= 0.6 is 15.9 Å². The van der Waals surface area contributed by atoms with Gasteiger partial charge in [0.05, 0.1) is 5.56 Å². The van der Waals surface area contributed by atoms with E-state index in [2.05, 4.69) is 15.9 Å². The normalized spacial score (nSPS) is 26.1. The van der Waals surface area contributed by atoms with Crippen molar-refractivity contribution in [2.24, 2.45) is 5.92 Å². The van der Waals surface area contributed by atoms with E-state index in [1.54, 1.807) is 0 Å². The predicted octanol–water partition coefficient (Wildman–Crippen LogP) is 3.81. The predicted molar refractivity (Wildman–Crippen MR) is 85.2 cm³/mol. The van der Waals surface area contributed by atoms with Crippen LogP contribution in [0.25, 0.3) is 0 Å². The molecule has 1 amide bonds. The molecule has 0 N–H and O–H groups in total. The highest BCUT2D eigenvalue weighted by Crippen LogP contribution is 2.34. The molecule has 1 aromatic carbocycles. The molecule has 2 fully saturated rings. The second-order valence-electron chi connectivity index (χ2n) is 6.01. The van der Waals surface area contributed by atoms with Gasteiger partial charge in [-0.1, -0.05) is 12.1 Å². The number of halogens is 1. The standard InChI is InChI=1S/C17H20BrNO2/c18-14-8-2-1-6-12(14)17(21)19-11-4-3-9-15(19)13-7-5-10-16(13)20/h1-2,6,8,13,15H,3-5,7,9-11H2. The highest BCUT2D eigenvalue weighted by Gasteiger charge is 2.39. The van der Waals surface area contributed by atoms with Crippen molar-refractivity contribution >= 4 is 27.6 Å². The van der Waals surface area contributed by atoms with Crippen molar-refractivity contribution in [3.8, 4) is 0 Å². The van der Waals surface area contributed by atoms with Gasteiger partial charge in [-0.3, -0.25) is 9.59 Å². The van der Waals surface area contributed by atoms with Gasteiger partial charge in [0.15, 0.2) is 0 Å². The van der Waals surface area contributed by atoms with Crippen molar-refractivity contribution < 1.29 is 9.59 Å². The summed E-state index contributed by atoms with van der Waals surface area (Å²) in [6.07, 6.45) is 5.74. The maximum atomic E-state index is 12.9. The van der Waals surface area contributed by atoms with E-state index in [0.717, 1.165) is 43.1 Å². The number of hydrogen-bond acceptors (Lipinski definition) is 2. The third-order valence-electron chi connectivity index (χ3n) is 4.73. The van der Waals surface area contributed by atoms with Crippen LogP contribution in [0.1, 0.15) is 48.9 Å². The molecule has 2 atom stereocenters. The van der Waals surface area contributed by atoms with Crippen molar-refractivity contribution in [2.75, 3.05) is 6.54 Å². The molecule has 1 heterocycles. The minimum absolute atomic E-state index is 0.0619. The summed E-state index contributed by atoms with van der Waals surface area (Å²) < 4.78 is 0.831. The molecule has 21 heavy (non-hydrogen) atoms. The van der Waals surface area contributed by atoms with E-state index in [9.17, 15) is 9.59 Å². The first kappa shape index (κ1) is 14.8. The third-order valence-corrected chi connectivity index (χ3v) is 5.42. The molecule has 0 spiro atoms. The van der Waals surface area contributed by atoms with E-state index in [4.69, 9.17) is 0 Å². The van der Waals surface area contributed by atoms with Crippen LogP contribution in [0, 0.1) is 5.92 Å². The van der Waals surface area contributed by atoms with Gasteiger partial charge in [-0.25, -0.2) is 0 Å². The van der Waals surface area contributed by atoms with E-state index >= 15 is 0 Å². The molecule has 0 radical (unpaired) electrons. The molecule has 1 aliphatic heterocycles. The van der Waals surface area contributed by atoms with Gasteiger partial charge in [0, 0.05) is 29.4 Å². The van der Waals surface area contributed by atoms with Crippen LogP contribution in [0.2, 0.25) is 0 Å². The van der Waals surface area contributed by atoms with Crippen LogP contribution in [-0.2, 0) is 4.79 Å². The molecular weight excluding hydrogens is 330 g/mol. The highest BCUT2D eigenvalue weighted by atomic mass is 79.9. The Morgan fingerprint density at radius 3 is 2.67 bits per heavy atom. The van der Waals surface area contributed by atoms with Crippen molar-refractivity contribution in [3.63, 3.8) is 0 Å².